The number of carbonyl (C=O) groups is 2. The van der Waals surface area contributed by atoms with Crippen molar-refractivity contribution < 1.29 is 19.4 Å². The van der Waals surface area contributed by atoms with Crippen molar-refractivity contribution >= 4 is 55.0 Å². The van der Waals surface area contributed by atoms with E-state index >= 15 is 0 Å². The Bertz CT molecular complexity index is 1250. The van der Waals surface area contributed by atoms with E-state index in [4.69, 9.17) is 4.74 Å². The van der Waals surface area contributed by atoms with Gasteiger partial charge in [0.25, 0.3) is 11.8 Å². The van der Waals surface area contributed by atoms with Crippen molar-refractivity contribution in [3.63, 3.8) is 0 Å². The lowest BCUT2D eigenvalue weighted by atomic mass is 10.2. The van der Waals surface area contributed by atoms with Gasteiger partial charge in [0.05, 0.1) is 0 Å². The quantitative estimate of drug-likeness (QED) is 0.224. The molecule has 8 heteroatoms. The predicted octanol–water partition coefficient (Wildman–Crippen LogP) is 7.21. The molecule has 0 saturated carbocycles. The highest BCUT2D eigenvalue weighted by molar-refractivity contribution is 9.10. The van der Waals surface area contributed by atoms with E-state index in [0.717, 1.165) is 8.95 Å². The number of ether oxygens (including phenoxy) is 1. The molecule has 0 radical (unpaired) electrons. The van der Waals surface area contributed by atoms with Crippen LogP contribution >= 0.6 is 31.9 Å². The summed E-state index contributed by atoms with van der Waals surface area (Å²) in [6, 6.07) is 25.1. The van der Waals surface area contributed by atoms with Gasteiger partial charge in [0.15, 0.2) is 0 Å². The van der Waals surface area contributed by atoms with Crippen molar-refractivity contribution in [1.29, 1.82) is 0 Å². The molecule has 0 aliphatic rings. The van der Waals surface area contributed by atoms with Gasteiger partial charge in [-0.25, -0.2) is 0 Å². The average molecular weight is 582 g/mol. The average Bonchev–Trinajstić information content (AvgIpc) is 2.81. The number of benzene rings is 4. The minimum atomic E-state index is -0.306. The molecule has 2 amide bonds. The Hall–Kier alpha value is -3.62. The second-order valence-corrected chi connectivity index (χ2v) is 9.10. The van der Waals surface area contributed by atoms with Crippen molar-refractivity contribution in [2.24, 2.45) is 0 Å². The van der Waals surface area contributed by atoms with E-state index in [9.17, 15) is 14.7 Å². The molecule has 0 aliphatic carbocycles. The third kappa shape index (κ3) is 6.24. The van der Waals surface area contributed by atoms with Gasteiger partial charge in [0.2, 0.25) is 0 Å². The number of carbonyl (C=O) groups excluding carboxylic acids is 2. The molecule has 0 fully saturated rings. The number of halogens is 2. The molecule has 0 atom stereocenters. The Morgan fingerprint density at radius 2 is 1.06 bits per heavy atom. The summed E-state index contributed by atoms with van der Waals surface area (Å²) in [6.07, 6.45) is 0. The van der Waals surface area contributed by atoms with Crippen molar-refractivity contribution in [2.75, 3.05) is 10.6 Å². The van der Waals surface area contributed by atoms with Crippen LogP contribution in [0.5, 0.6) is 17.2 Å². The number of aromatic hydroxyl groups is 1. The van der Waals surface area contributed by atoms with E-state index in [1.165, 1.54) is 12.1 Å². The maximum absolute atomic E-state index is 12.7. The number of rotatable bonds is 6. The molecule has 0 saturated heterocycles. The molecule has 4 aromatic rings. The Labute approximate surface area is 212 Å². The van der Waals surface area contributed by atoms with E-state index in [1.807, 2.05) is 0 Å². The normalized spacial score (nSPS) is 10.4. The van der Waals surface area contributed by atoms with Gasteiger partial charge in [-0.1, -0.05) is 31.9 Å². The summed E-state index contributed by atoms with van der Waals surface area (Å²) in [7, 11) is 0. The van der Waals surface area contributed by atoms with E-state index in [1.54, 1.807) is 78.9 Å². The standard InChI is InChI=1S/C26H18Br2N2O4/c27-18-5-1-16(2-6-18)25(32)29-20-13-21(30-26(33)17-3-7-19(28)8-4-17)15-24(14-20)34-23-11-9-22(31)10-12-23/h1-15,31H,(H,29,32)(H,30,33). The van der Waals surface area contributed by atoms with Gasteiger partial charge in [-0.2, -0.15) is 0 Å². The number of phenolic OH excluding ortho intramolecular Hbond substituents is 1. The van der Waals surface area contributed by atoms with Gasteiger partial charge in [-0.15, -0.1) is 0 Å². The molecule has 4 rings (SSSR count). The summed E-state index contributed by atoms with van der Waals surface area (Å²) in [5.74, 6) is 0.383. The van der Waals surface area contributed by atoms with Crippen LogP contribution in [0.4, 0.5) is 11.4 Å². The van der Waals surface area contributed by atoms with Crippen LogP contribution < -0.4 is 15.4 Å². The van der Waals surface area contributed by atoms with Crippen LogP contribution in [0, 0.1) is 0 Å². The molecule has 0 bridgehead atoms. The largest absolute Gasteiger partial charge is 0.508 e. The fourth-order valence-corrected chi connectivity index (χ4v) is 3.59. The molecule has 0 spiro atoms. The monoisotopic (exact) mass is 580 g/mol. The first-order valence-corrected chi connectivity index (χ1v) is 11.7. The fraction of sp³-hybridized carbons (Fsp3) is 0. The number of hydrogen-bond acceptors (Lipinski definition) is 4. The first kappa shape index (κ1) is 23.5. The lowest BCUT2D eigenvalue weighted by Crippen LogP contribution is -2.14. The number of hydrogen-bond donors (Lipinski definition) is 3. The number of amides is 2. The van der Waals surface area contributed by atoms with E-state index in [2.05, 4.69) is 42.5 Å². The zero-order chi connectivity index (χ0) is 24.1. The molecule has 0 heterocycles. The van der Waals surface area contributed by atoms with Gasteiger partial charge < -0.3 is 20.5 Å². The topological polar surface area (TPSA) is 87.7 Å². The highest BCUT2D eigenvalue weighted by Gasteiger charge is 2.12. The summed E-state index contributed by atoms with van der Waals surface area (Å²) < 4.78 is 7.63. The van der Waals surface area contributed by atoms with Crippen LogP contribution in [0.2, 0.25) is 0 Å². The molecular formula is C26H18Br2N2O4. The van der Waals surface area contributed by atoms with Crippen molar-refractivity contribution in [2.45, 2.75) is 0 Å². The molecule has 3 N–H and O–H groups in total. The first-order chi connectivity index (χ1) is 16.4. The summed E-state index contributed by atoms with van der Waals surface area (Å²) >= 11 is 6.71. The van der Waals surface area contributed by atoms with Crippen molar-refractivity contribution in [1.82, 2.24) is 0 Å². The van der Waals surface area contributed by atoms with Crippen molar-refractivity contribution in [3.8, 4) is 17.2 Å². The highest BCUT2D eigenvalue weighted by atomic mass is 79.9. The Morgan fingerprint density at radius 3 is 1.50 bits per heavy atom. The number of phenols is 1. The minimum absolute atomic E-state index is 0.116. The number of anilines is 2. The van der Waals surface area contributed by atoms with Crippen molar-refractivity contribution in [3.05, 3.63) is 111 Å². The van der Waals surface area contributed by atoms with E-state index in [0.29, 0.717) is 34.0 Å². The number of nitrogens with one attached hydrogen (secondary N) is 2. The molecule has 0 unspecified atom stereocenters. The molecule has 170 valence electrons. The van der Waals surface area contributed by atoms with Gasteiger partial charge in [0, 0.05) is 43.6 Å². The molecular weight excluding hydrogens is 564 g/mol. The fourth-order valence-electron chi connectivity index (χ4n) is 3.06. The van der Waals surface area contributed by atoms with Crippen LogP contribution in [0.1, 0.15) is 20.7 Å². The van der Waals surface area contributed by atoms with E-state index in [-0.39, 0.29) is 17.6 Å². The summed E-state index contributed by atoms with van der Waals surface area (Å²) in [4.78, 5) is 25.5. The lowest BCUT2D eigenvalue weighted by molar-refractivity contribution is 0.101. The van der Waals surface area contributed by atoms with Crippen LogP contribution in [-0.2, 0) is 0 Å². The van der Waals surface area contributed by atoms with Gasteiger partial charge in [0.1, 0.15) is 17.2 Å². The highest BCUT2D eigenvalue weighted by Crippen LogP contribution is 2.30. The third-order valence-corrected chi connectivity index (χ3v) is 5.76. The Morgan fingerprint density at radius 1 is 0.618 bits per heavy atom. The van der Waals surface area contributed by atoms with Crippen LogP contribution in [0.25, 0.3) is 0 Å². The molecule has 4 aromatic carbocycles. The smallest absolute Gasteiger partial charge is 0.255 e. The maximum Gasteiger partial charge on any atom is 0.255 e. The second-order valence-electron chi connectivity index (χ2n) is 7.26. The molecule has 0 aliphatic heterocycles. The summed E-state index contributed by atoms with van der Waals surface area (Å²) in [5.41, 5.74) is 1.84. The van der Waals surface area contributed by atoms with Crippen LogP contribution in [0.3, 0.4) is 0 Å². The van der Waals surface area contributed by atoms with Crippen LogP contribution in [0.15, 0.2) is 99.9 Å². The SMILES string of the molecule is O=C(Nc1cc(NC(=O)c2ccc(Br)cc2)cc(Oc2ccc(O)cc2)c1)c1ccc(Br)cc1. The lowest BCUT2D eigenvalue weighted by Gasteiger charge is -2.13. The molecule has 0 aromatic heterocycles. The minimum Gasteiger partial charge on any atom is -0.508 e. The van der Waals surface area contributed by atoms with Crippen LogP contribution in [-0.4, -0.2) is 16.9 Å². The summed E-state index contributed by atoms with van der Waals surface area (Å²) in [6.45, 7) is 0. The third-order valence-electron chi connectivity index (χ3n) is 4.71. The Kier molecular flexibility index (Phi) is 7.30. The first-order valence-electron chi connectivity index (χ1n) is 10.1. The van der Waals surface area contributed by atoms with E-state index < -0.39 is 0 Å². The maximum atomic E-state index is 12.7. The van der Waals surface area contributed by atoms with Gasteiger partial charge in [-0.3, -0.25) is 9.59 Å². The zero-order valence-corrected chi connectivity index (χ0v) is 20.8. The Balaban J connectivity index is 1.61. The molecule has 34 heavy (non-hydrogen) atoms. The zero-order valence-electron chi connectivity index (χ0n) is 17.6. The van der Waals surface area contributed by atoms with Gasteiger partial charge in [-0.05, 0) is 78.9 Å². The predicted molar refractivity (Wildman–Crippen MR) is 139 cm³/mol. The van der Waals surface area contributed by atoms with Gasteiger partial charge >= 0.3 is 0 Å². The second kappa shape index (κ2) is 10.5. The summed E-state index contributed by atoms with van der Waals surface area (Å²) in [5, 5.41) is 15.2. The molecule has 6 nitrogen and oxygen atoms in total.